The van der Waals surface area contributed by atoms with Gasteiger partial charge in [0, 0.05) is 17.0 Å². The van der Waals surface area contributed by atoms with Crippen LogP contribution in [0.25, 0.3) is 22.0 Å². The van der Waals surface area contributed by atoms with E-state index in [1.54, 1.807) is 18.3 Å². The van der Waals surface area contributed by atoms with Gasteiger partial charge in [-0.1, -0.05) is 36.4 Å². The molecule has 0 aliphatic heterocycles. The molecule has 4 rings (SSSR count). The number of aromatic nitrogens is 3. The van der Waals surface area contributed by atoms with Gasteiger partial charge in [0.1, 0.15) is 11.6 Å². The van der Waals surface area contributed by atoms with Crippen LogP contribution in [0.2, 0.25) is 0 Å². The van der Waals surface area contributed by atoms with Gasteiger partial charge in [-0.25, -0.2) is 4.98 Å². The molecule has 0 fully saturated rings. The number of rotatable bonds is 3. The van der Waals surface area contributed by atoms with E-state index < -0.39 is 0 Å². The van der Waals surface area contributed by atoms with Crippen LogP contribution in [0.15, 0.2) is 66.9 Å². The molecule has 5 nitrogen and oxygen atoms in total. The topological polar surface area (TPSA) is 77.4 Å². The zero-order valence-corrected chi connectivity index (χ0v) is 12.7. The van der Waals surface area contributed by atoms with Crippen LogP contribution in [0.5, 0.6) is 0 Å². The monoisotopic (exact) mass is 311 g/mol. The molecule has 0 aliphatic carbocycles. The Labute approximate surface area is 138 Å². The van der Waals surface area contributed by atoms with Crippen LogP contribution in [-0.4, -0.2) is 15.2 Å². The lowest BCUT2D eigenvalue weighted by atomic mass is 10.0. The highest BCUT2D eigenvalue weighted by molar-refractivity contribution is 5.96. The lowest BCUT2D eigenvalue weighted by molar-refractivity contribution is 1.09. The van der Waals surface area contributed by atoms with Gasteiger partial charge in [-0.3, -0.25) is 5.10 Å². The van der Waals surface area contributed by atoms with Crippen molar-refractivity contribution >= 4 is 22.4 Å². The maximum absolute atomic E-state index is 8.97. The van der Waals surface area contributed by atoms with Gasteiger partial charge in [0.05, 0.1) is 23.5 Å². The fraction of sp³-hybridized carbons (Fsp3) is 0. The second-order valence-electron chi connectivity index (χ2n) is 5.36. The number of hydrogen-bond acceptors (Lipinski definition) is 4. The van der Waals surface area contributed by atoms with Gasteiger partial charge >= 0.3 is 0 Å². The van der Waals surface area contributed by atoms with Crippen molar-refractivity contribution in [2.45, 2.75) is 0 Å². The van der Waals surface area contributed by atoms with Crippen molar-refractivity contribution in [3.8, 4) is 17.3 Å². The van der Waals surface area contributed by atoms with Crippen molar-refractivity contribution < 1.29 is 0 Å². The number of nitrogens with zero attached hydrogens (tertiary/aromatic N) is 3. The first-order valence-electron chi connectivity index (χ1n) is 7.50. The van der Waals surface area contributed by atoms with Crippen LogP contribution in [0.1, 0.15) is 5.56 Å². The Balaban J connectivity index is 1.87. The van der Waals surface area contributed by atoms with Crippen molar-refractivity contribution in [1.29, 1.82) is 5.26 Å². The Hall–Kier alpha value is -3.65. The number of aromatic amines is 1. The number of hydrogen-bond donors (Lipinski definition) is 2. The normalized spacial score (nSPS) is 10.5. The van der Waals surface area contributed by atoms with Gasteiger partial charge in [0.25, 0.3) is 0 Å². The Morgan fingerprint density at radius 2 is 1.83 bits per heavy atom. The van der Waals surface area contributed by atoms with Crippen molar-refractivity contribution in [3.63, 3.8) is 0 Å². The van der Waals surface area contributed by atoms with Crippen molar-refractivity contribution in [2.75, 3.05) is 5.32 Å². The summed E-state index contributed by atoms with van der Waals surface area (Å²) in [6.07, 6.45) is 1.69. The summed E-state index contributed by atoms with van der Waals surface area (Å²) < 4.78 is 0. The van der Waals surface area contributed by atoms with Crippen LogP contribution in [0.3, 0.4) is 0 Å². The van der Waals surface area contributed by atoms with Gasteiger partial charge in [0.2, 0.25) is 0 Å². The van der Waals surface area contributed by atoms with Gasteiger partial charge in [0.15, 0.2) is 0 Å². The Kier molecular flexibility index (Phi) is 3.41. The first-order valence-corrected chi connectivity index (χ1v) is 7.50. The molecule has 0 unspecified atom stereocenters. The summed E-state index contributed by atoms with van der Waals surface area (Å²) in [5.41, 5.74) is 2.48. The summed E-state index contributed by atoms with van der Waals surface area (Å²) in [4.78, 5) is 4.76. The number of nitrogens with one attached hydrogen (secondary N) is 2. The van der Waals surface area contributed by atoms with Crippen molar-refractivity contribution in [3.05, 3.63) is 72.4 Å². The summed E-state index contributed by atoms with van der Waals surface area (Å²) in [5.74, 6) is 1.51. The van der Waals surface area contributed by atoms with Gasteiger partial charge in [-0.05, 0) is 23.6 Å². The van der Waals surface area contributed by atoms with Crippen LogP contribution >= 0.6 is 0 Å². The van der Waals surface area contributed by atoms with E-state index in [1.165, 1.54) is 0 Å². The second-order valence-corrected chi connectivity index (χ2v) is 5.36. The third kappa shape index (κ3) is 2.57. The Bertz CT molecular complexity index is 1030. The van der Waals surface area contributed by atoms with E-state index >= 15 is 0 Å². The SMILES string of the molecule is N#Cc1ccc(-c2nc(Nc3ccn[nH]3)cc3ccccc23)cc1. The lowest BCUT2D eigenvalue weighted by Gasteiger charge is -2.10. The predicted octanol–water partition coefficient (Wildman–Crippen LogP) is 4.24. The van der Waals surface area contributed by atoms with Gasteiger partial charge < -0.3 is 5.32 Å². The molecule has 0 atom stereocenters. The van der Waals surface area contributed by atoms with Crippen LogP contribution in [0.4, 0.5) is 11.6 Å². The highest BCUT2D eigenvalue weighted by atomic mass is 15.2. The van der Waals surface area contributed by atoms with E-state index in [1.807, 2.05) is 36.4 Å². The van der Waals surface area contributed by atoms with Gasteiger partial charge in [-0.2, -0.15) is 10.4 Å². The molecule has 4 aromatic rings. The molecule has 0 spiro atoms. The molecule has 2 heterocycles. The molecule has 0 saturated heterocycles. The van der Waals surface area contributed by atoms with E-state index in [0.29, 0.717) is 5.56 Å². The molecule has 114 valence electrons. The first-order chi connectivity index (χ1) is 11.8. The van der Waals surface area contributed by atoms with E-state index in [2.05, 4.69) is 33.7 Å². The smallest absolute Gasteiger partial charge is 0.132 e. The second kappa shape index (κ2) is 5.86. The minimum absolute atomic E-state index is 0.634. The zero-order valence-electron chi connectivity index (χ0n) is 12.7. The maximum Gasteiger partial charge on any atom is 0.132 e. The maximum atomic E-state index is 8.97. The molecular formula is C19H13N5. The molecule has 0 aliphatic rings. The van der Waals surface area contributed by atoms with E-state index in [4.69, 9.17) is 10.2 Å². The summed E-state index contributed by atoms with van der Waals surface area (Å²) in [7, 11) is 0. The minimum Gasteiger partial charge on any atom is -0.325 e. The molecule has 0 radical (unpaired) electrons. The number of H-pyrrole nitrogens is 1. The van der Waals surface area contributed by atoms with Crippen LogP contribution in [0, 0.1) is 11.3 Å². The largest absolute Gasteiger partial charge is 0.325 e. The third-order valence-electron chi connectivity index (χ3n) is 3.79. The number of pyridine rings is 1. The number of benzene rings is 2. The summed E-state index contributed by atoms with van der Waals surface area (Å²) >= 11 is 0. The van der Waals surface area contributed by atoms with Crippen molar-refractivity contribution in [1.82, 2.24) is 15.2 Å². The third-order valence-corrected chi connectivity index (χ3v) is 3.79. The highest BCUT2D eigenvalue weighted by Gasteiger charge is 2.09. The highest BCUT2D eigenvalue weighted by Crippen LogP contribution is 2.30. The average molecular weight is 311 g/mol. The van der Waals surface area contributed by atoms with Crippen LogP contribution in [-0.2, 0) is 0 Å². The predicted molar refractivity (Wildman–Crippen MR) is 93.8 cm³/mol. The molecule has 24 heavy (non-hydrogen) atoms. The zero-order chi connectivity index (χ0) is 16.4. The first kappa shape index (κ1) is 14.0. The van der Waals surface area contributed by atoms with Crippen LogP contribution < -0.4 is 5.32 Å². The van der Waals surface area contributed by atoms with E-state index in [0.717, 1.165) is 33.7 Å². The van der Waals surface area contributed by atoms with Crippen molar-refractivity contribution in [2.24, 2.45) is 0 Å². The molecule has 5 heteroatoms. The lowest BCUT2D eigenvalue weighted by Crippen LogP contribution is -1.96. The fourth-order valence-electron chi connectivity index (χ4n) is 2.65. The van der Waals surface area contributed by atoms with E-state index in [9.17, 15) is 0 Å². The fourth-order valence-corrected chi connectivity index (χ4v) is 2.65. The molecule has 0 amide bonds. The number of fused-ring (bicyclic) bond motifs is 1. The molecular weight excluding hydrogens is 298 g/mol. The molecule has 0 bridgehead atoms. The molecule has 2 aromatic heterocycles. The minimum atomic E-state index is 0.634. The number of nitriles is 1. The summed E-state index contributed by atoms with van der Waals surface area (Å²) in [6.45, 7) is 0. The number of anilines is 2. The van der Waals surface area contributed by atoms with Gasteiger partial charge in [-0.15, -0.1) is 0 Å². The Morgan fingerprint density at radius 3 is 2.58 bits per heavy atom. The average Bonchev–Trinajstić information content (AvgIpc) is 3.14. The molecule has 0 saturated carbocycles. The Morgan fingerprint density at radius 1 is 1.00 bits per heavy atom. The standard InChI is InChI=1S/C19H13N5/c20-12-13-5-7-14(8-6-13)19-16-4-2-1-3-15(16)11-18(23-19)22-17-9-10-21-24-17/h1-11H,(H2,21,22,23,24). The molecule has 2 aromatic carbocycles. The molecule has 2 N–H and O–H groups in total. The quantitative estimate of drug-likeness (QED) is 0.593. The summed E-state index contributed by atoms with van der Waals surface area (Å²) in [6, 6.07) is 21.6. The van der Waals surface area contributed by atoms with E-state index in [-0.39, 0.29) is 0 Å². The summed E-state index contributed by atoms with van der Waals surface area (Å²) in [5, 5.41) is 21.2.